The minimum absolute atomic E-state index is 0.0658. The largest absolute Gasteiger partial charge is 0.494 e. The SMILES string of the molecule is CCOc1ccc(S(=O)(=O)N[C@@H](Cc2ccccc2)C(=O)Nc2ccc(I)cc2)cc1. The second-order valence-electron chi connectivity index (χ2n) is 6.76. The number of nitrogens with one attached hydrogen (secondary N) is 2. The molecule has 8 heteroatoms. The molecule has 0 aliphatic heterocycles. The van der Waals surface area contributed by atoms with Crippen LogP contribution in [-0.4, -0.2) is 27.0 Å². The molecule has 0 fully saturated rings. The van der Waals surface area contributed by atoms with E-state index >= 15 is 0 Å². The third kappa shape index (κ3) is 6.78. The highest BCUT2D eigenvalue weighted by atomic mass is 127. The maximum Gasteiger partial charge on any atom is 0.242 e. The number of ether oxygens (including phenoxy) is 1. The van der Waals surface area contributed by atoms with E-state index in [1.165, 1.54) is 12.1 Å². The van der Waals surface area contributed by atoms with Crippen molar-refractivity contribution in [1.82, 2.24) is 4.72 Å². The van der Waals surface area contributed by atoms with Crippen molar-refractivity contribution in [2.75, 3.05) is 11.9 Å². The molecule has 1 amide bonds. The molecule has 3 rings (SSSR count). The third-order valence-electron chi connectivity index (χ3n) is 4.45. The molecule has 2 N–H and O–H groups in total. The van der Waals surface area contributed by atoms with Crippen LogP contribution in [0.15, 0.2) is 83.8 Å². The van der Waals surface area contributed by atoms with Gasteiger partial charge in [-0.3, -0.25) is 4.79 Å². The lowest BCUT2D eigenvalue weighted by molar-refractivity contribution is -0.117. The zero-order valence-electron chi connectivity index (χ0n) is 16.9. The Morgan fingerprint density at radius 3 is 2.23 bits per heavy atom. The first-order valence-electron chi connectivity index (χ1n) is 9.73. The van der Waals surface area contributed by atoms with Gasteiger partial charge in [-0.25, -0.2) is 8.42 Å². The van der Waals surface area contributed by atoms with E-state index in [9.17, 15) is 13.2 Å². The highest BCUT2D eigenvalue weighted by molar-refractivity contribution is 14.1. The zero-order valence-corrected chi connectivity index (χ0v) is 19.9. The van der Waals surface area contributed by atoms with Crippen molar-refractivity contribution >= 4 is 44.2 Å². The van der Waals surface area contributed by atoms with Gasteiger partial charge in [-0.15, -0.1) is 0 Å². The van der Waals surface area contributed by atoms with Gasteiger partial charge in [0.25, 0.3) is 0 Å². The van der Waals surface area contributed by atoms with Crippen molar-refractivity contribution in [2.45, 2.75) is 24.3 Å². The second kappa shape index (κ2) is 10.7. The van der Waals surface area contributed by atoms with Crippen molar-refractivity contribution in [3.8, 4) is 5.75 Å². The predicted octanol–water partition coefficient (Wildman–Crippen LogP) is 4.22. The highest BCUT2D eigenvalue weighted by Gasteiger charge is 2.26. The summed E-state index contributed by atoms with van der Waals surface area (Å²) in [5.41, 5.74) is 1.45. The van der Waals surface area contributed by atoms with E-state index in [1.54, 1.807) is 24.3 Å². The first-order valence-corrected chi connectivity index (χ1v) is 12.3. The first kappa shape index (κ1) is 23.2. The van der Waals surface area contributed by atoms with Gasteiger partial charge in [0, 0.05) is 9.26 Å². The number of sulfonamides is 1. The Hall–Kier alpha value is -2.43. The summed E-state index contributed by atoms with van der Waals surface area (Å²) in [7, 11) is -3.92. The van der Waals surface area contributed by atoms with Gasteiger partial charge in [-0.2, -0.15) is 4.72 Å². The van der Waals surface area contributed by atoms with Crippen molar-refractivity contribution in [3.05, 3.63) is 88.0 Å². The Bertz CT molecular complexity index is 1100. The van der Waals surface area contributed by atoms with Crippen LogP contribution in [0.4, 0.5) is 5.69 Å². The van der Waals surface area contributed by atoms with Gasteiger partial charge in [0.2, 0.25) is 15.9 Å². The van der Waals surface area contributed by atoms with Gasteiger partial charge in [-0.1, -0.05) is 30.3 Å². The summed E-state index contributed by atoms with van der Waals surface area (Å²) >= 11 is 2.18. The van der Waals surface area contributed by atoms with Crippen LogP contribution in [0.1, 0.15) is 12.5 Å². The summed E-state index contributed by atoms with van der Waals surface area (Å²) in [4.78, 5) is 13.1. The molecule has 6 nitrogen and oxygen atoms in total. The van der Waals surface area contributed by atoms with Crippen LogP contribution in [0, 0.1) is 3.57 Å². The molecule has 0 radical (unpaired) electrons. The average Bonchev–Trinajstić information content (AvgIpc) is 2.76. The molecule has 1 atom stereocenters. The number of halogens is 1. The van der Waals surface area contributed by atoms with Crippen LogP contribution in [0.3, 0.4) is 0 Å². The molecular weight excluding hydrogens is 527 g/mol. The number of anilines is 1. The number of carbonyl (C=O) groups excluding carboxylic acids is 1. The molecule has 0 saturated heterocycles. The summed E-state index contributed by atoms with van der Waals surface area (Å²) in [5, 5.41) is 2.80. The van der Waals surface area contributed by atoms with Gasteiger partial charge in [0.1, 0.15) is 11.8 Å². The summed E-state index contributed by atoms with van der Waals surface area (Å²) < 4.78 is 34.9. The summed E-state index contributed by atoms with van der Waals surface area (Å²) in [6, 6.07) is 21.7. The number of rotatable bonds is 9. The zero-order chi connectivity index (χ0) is 22.3. The van der Waals surface area contributed by atoms with E-state index in [0.717, 1.165) is 9.13 Å². The third-order valence-corrected chi connectivity index (χ3v) is 6.66. The molecule has 3 aromatic carbocycles. The van der Waals surface area contributed by atoms with Crippen molar-refractivity contribution in [2.24, 2.45) is 0 Å². The van der Waals surface area contributed by atoms with Crippen molar-refractivity contribution in [1.29, 1.82) is 0 Å². The maximum atomic E-state index is 13.0. The highest BCUT2D eigenvalue weighted by Crippen LogP contribution is 2.18. The molecule has 0 bridgehead atoms. The van der Waals surface area contributed by atoms with Crippen LogP contribution in [0.2, 0.25) is 0 Å². The van der Waals surface area contributed by atoms with Gasteiger partial charge >= 0.3 is 0 Å². The number of hydrogen-bond acceptors (Lipinski definition) is 4. The van der Waals surface area contributed by atoms with Gasteiger partial charge < -0.3 is 10.1 Å². The Morgan fingerprint density at radius 2 is 1.61 bits per heavy atom. The Balaban J connectivity index is 1.82. The summed E-state index contributed by atoms with van der Waals surface area (Å²) in [6.45, 7) is 2.34. The monoisotopic (exact) mass is 550 g/mol. The molecule has 0 aliphatic rings. The lowest BCUT2D eigenvalue weighted by Crippen LogP contribution is -2.45. The van der Waals surface area contributed by atoms with E-state index in [2.05, 4.69) is 32.6 Å². The predicted molar refractivity (Wildman–Crippen MR) is 130 cm³/mol. The van der Waals surface area contributed by atoms with Gasteiger partial charge in [0.15, 0.2) is 0 Å². The second-order valence-corrected chi connectivity index (χ2v) is 9.72. The van der Waals surface area contributed by atoms with E-state index < -0.39 is 22.0 Å². The minimum Gasteiger partial charge on any atom is -0.494 e. The van der Waals surface area contributed by atoms with Crippen LogP contribution in [0.5, 0.6) is 5.75 Å². The molecule has 0 unspecified atom stereocenters. The van der Waals surface area contributed by atoms with E-state index in [1.807, 2.05) is 49.4 Å². The Morgan fingerprint density at radius 1 is 0.968 bits per heavy atom. The van der Waals surface area contributed by atoms with Crippen LogP contribution >= 0.6 is 22.6 Å². The molecule has 0 saturated carbocycles. The molecule has 0 spiro atoms. The molecule has 31 heavy (non-hydrogen) atoms. The molecule has 0 aromatic heterocycles. The number of amides is 1. The average molecular weight is 550 g/mol. The fourth-order valence-corrected chi connectivity index (χ4v) is 4.49. The van der Waals surface area contributed by atoms with E-state index in [4.69, 9.17) is 4.74 Å². The minimum atomic E-state index is -3.92. The van der Waals surface area contributed by atoms with Crippen LogP contribution < -0.4 is 14.8 Å². The number of benzene rings is 3. The Labute approximate surface area is 196 Å². The van der Waals surface area contributed by atoms with Crippen molar-refractivity contribution < 1.29 is 17.9 Å². The normalized spacial score (nSPS) is 12.2. The number of carbonyl (C=O) groups is 1. The standard InChI is InChI=1S/C23H23IN2O4S/c1-2-30-20-12-14-21(15-13-20)31(28,29)26-22(16-17-6-4-3-5-7-17)23(27)25-19-10-8-18(24)9-11-19/h3-15,22,26H,2,16H2,1H3,(H,25,27)/t22-/m0/s1. The van der Waals surface area contributed by atoms with Gasteiger partial charge in [-0.05, 0) is 90.0 Å². The van der Waals surface area contributed by atoms with Crippen LogP contribution in [-0.2, 0) is 21.2 Å². The van der Waals surface area contributed by atoms with Crippen LogP contribution in [0.25, 0.3) is 0 Å². The molecule has 0 heterocycles. The molecular formula is C23H23IN2O4S. The lowest BCUT2D eigenvalue weighted by Gasteiger charge is -2.19. The summed E-state index contributed by atoms with van der Waals surface area (Å²) in [5.74, 6) is 0.151. The fourth-order valence-electron chi connectivity index (χ4n) is 2.94. The lowest BCUT2D eigenvalue weighted by atomic mass is 10.1. The fraction of sp³-hybridized carbons (Fsp3) is 0.174. The molecule has 0 aliphatic carbocycles. The summed E-state index contributed by atoms with van der Waals surface area (Å²) in [6.07, 6.45) is 0.216. The molecule has 162 valence electrons. The Kier molecular flexibility index (Phi) is 8.05. The maximum absolute atomic E-state index is 13.0. The molecule has 3 aromatic rings. The quantitative estimate of drug-likeness (QED) is 0.391. The van der Waals surface area contributed by atoms with E-state index in [-0.39, 0.29) is 11.3 Å². The van der Waals surface area contributed by atoms with Gasteiger partial charge in [0.05, 0.1) is 11.5 Å². The van der Waals surface area contributed by atoms with E-state index in [0.29, 0.717) is 18.0 Å². The number of hydrogen-bond donors (Lipinski definition) is 2. The van der Waals surface area contributed by atoms with Crippen molar-refractivity contribution in [3.63, 3.8) is 0 Å². The first-order chi connectivity index (χ1) is 14.9. The topological polar surface area (TPSA) is 84.5 Å². The smallest absolute Gasteiger partial charge is 0.242 e.